The van der Waals surface area contributed by atoms with Crippen LogP contribution in [0.15, 0.2) is 11.6 Å². The fourth-order valence-electron chi connectivity index (χ4n) is 3.37. The smallest absolute Gasteiger partial charge is 0.107 e. The van der Waals surface area contributed by atoms with Gasteiger partial charge in [0.05, 0.1) is 6.54 Å². The number of hydrogen-bond donors (Lipinski definition) is 1. The molecule has 2 heterocycles. The molecule has 1 saturated heterocycles. The van der Waals surface area contributed by atoms with Crippen molar-refractivity contribution in [1.29, 1.82) is 0 Å². The molecule has 1 fully saturated rings. The van der Waals surface area contributed by atoms with Crippen LogP contribution in [0.3, 0.4) is 0 Å². The first-order valence-corrected chi connectivity index (χ1v) is 8.84. The van der Waals surface area contributed by atoms with Gasteiger partial charge in [0.15, 0.2) is 0 Å². The predicted octanol–water partition coefficient (Wildman–Crippen LogP) is 3.52. The first-order chi connectivity index (χ1) is 9.59. The number of nitrogens with one attached hydrogen (secondary N) is 1. The Morgan fingerprint density at radius 1 is 1.45 bits per heavy atom. The Labute approximate surface area is 127 Å². The number of hydrogen-bond acceptors (Lipinski definition) is 4. The highest BCUT2D eigenvalue weighted by Gasteiger charge is 2.39. The molecule has 2 rings (SSSR count). The molecule has 1 aromatic heterocycles. The first-order valence-electron chi connectivity index (χ1n) is 7.96. The Hall–Kier alpha value is -0.450. The van der Waals surface area contributed by atoms with E-state index in [0.29, 0.717) is 11.6 Å². The molecule has 0 aromatic carbocycles. The van der Waals surface area contributed by atoms with E-state index in [-0.39, 0.29) is 0 Å². The van der Waals surface area contributed by atoms with E-state index in [0.717, 1.165) is 25.6 Å². The summed E-state index contributed by atoms with van der Waals surface area (Å²) in [6.45, 7) is 12.5. The zero-order valence-electron chi connectivity index (χ0n) is 13.4. The average Bonchev–Trinajstić information content (AvgIpc) is 2.92. The molecule has 0 saturated carbocycles. The minimum Gasteiger partial charge on any atom is -0.311 e. The lowest BCUT2D eigenvalue weighted by Crippen LogP contribution is -2.63. The van der Waals surface area contributed by atoms with Crippen LogP contribution < -0.4 is 5.32 Å². The second kappa shape index (κ2) is 7.01. The molecule has 1 aliphatic heterocycles. The lowest BCUT2D eigenvalue weighted by Gasteiger charge is -2.49. The van der Waals surface area contributed by atoms with E-state index in [2.05, 4.69) is 48.3 Å². The standard InChI is InChI=1S/C16H29N3S/c1-5-16(6-2)12-18-14(9-13(3)4)10-19(16)11-15-17-7-8-20-15/h7-8,13-14,18H,5-6,9-12H2,1-4H3. The zero-order valence-corrected chi connectivity index (χ0v) is 14.2. The van der Waals surface area contributed by atoms with Crippen LogP contribution in [-0.2, 0) is 6.54 Å². The molecule has 1 atom stereocenters. The Morgan fingerprint density at radius 3 is 2.75 bits per heavy atom. The van der Waals surface area contributed by atoms with Gasteiger partial charge in [-0.15, -0.1) is 11.3 Å². The average molecular weight is 295 g/mol. The quantitative estimate of drug-likeness (QED) is 0.870. The molecule has 1 aliphatic rings. The Balaban J connectivity index is 2.10. The summed E-state index contributed by atoms with van der Waals surface area (Å²) in [4.78, 5) is 7.18. The second-order valence-corrected chi connectivity index (χ2v) is 7.42. The maximum absolute atomic E-state index is 4.49. The van der Waals surface area contributed by atoms with E-state index < -0.39 is 0 Å². The van der Waals surface area contributed by atoms with E-state index >= 15 is 0 Å². The van der Waals surface area contributed by atoms with Crippen molar-refractivity contribution in [1.82, 2.24) is 15.2 Å². The first kappa shape index (κ1) is 15.9. The third-order valence-electron chi connectivity index (χ3n) is 4.71. The van der Waals surface area contributed by atoms with E-state index in [1.165, 1.54) is 24.3 Å². The van der Waals surface area contributed by atoms with Gasteiger partial charge in [-0.25, -0.2) is 4.98 Å². The Bertz CT molecular complexity index is 384. The fraction of sp³-hybridized carbons (Fsp3) is 0.812. The number of piperazine rings is 1. The highest BCUT2D eigenvalue weighted by Crippen LogP contribution is 2.30. The van der Waals surface area contributed by atoms with Crippen LogP contribution in [0.2, 0.25) is 0 Å². The molecule has 3 nitrogen and oxygen atoms in total. The highest BCUT2D eigenvalue weighted by molar-refractivity contribution is 7.09. The van der Waals surface area contributed by atoms with Crippen LogP contribution >= 0.6 is 11.3 Å². The van der Waals surface area contributed by atoms with Gasteiger partial charge in [-0.05, 0) is 25.2 Å². The highest BCUT2D eigenvalue weighted by atomic mass is 32.1. The third-order valence-corrected chi connectivity index (χ3v) is 5.48. The summed E-state index contributed by atoms with van der Waals surface area (Å²) >= 11 is 1.78. The maximum Gasteiger partial charge on any atom is 0.107 e. The van der Waals surface area contributed by atoms with E-state index in [9.17, 15) is 0 Å². The summed E-state index contributed by atoms with van der Waals surface area (Å²) in [6.07, 6.45) is 5.60. The second-order valence-electron chi connectivity index (χ2n) is 6.45. The molecular formula is C16H29N3S. The van der Waals surface area contributed by atoms with Crippen LogP contribution in [0.25, 0.3) is 0 Å². The minimum absolute atomic E-state index is 0.305. The number of nitrogens with zero attached hydrogens (tertiary/aromatic N) is 2. The molecule has 1 N–H and O–H groups in total. The van der Waals surface area contributed by atoms with Crippen LogP contribution in [0, 0.1) is 5.92 Å². The van der Waals surface area contributed by atoms with Gasteiger partial charge >= 0.3 is 0 Å². The van der Waals surface area contributed by atoms with E-state index in [4.69, 9.17) is 0 Å². The molecule has 0 bridgehead atoms. The van der Waals surface area contributed by atoms with Crippen molar-refractivity contribution < 1.29 is 0 Å². The monoisotopic (exact) mass is 295 g/mol. The molecule has 1 aromatic rings. The number of aromatic nitrogens is 1. The van der Waals surface area contributed by atoms with Crippen molar-refractivity contribution in [3.63, 3.8) is 0 Å². The molecule has 1 unspecified atom stereocenters. The van der Waals surface area contributed by atoms with Crippen molar-refractivity contribution in [3.05, 3.63) is 16.6 Å². The summed E-state index contributed by atoms with van der Waals surface area (Å²) in [6, 6.07) is 0.626. The van der Waals surface area contributed by atoms with Gasteiger partial charge in [0, 0.05) is 36.2 Å². The number of thiazole rings is 1. The van der Waals surface area contributed by atoms with E-state index in [1.807, 2.05) is 6.20 Å². The largest absolute Gasteiger partial charge is 0.311 e. The molecule has 4 heteroatoms. The predicted molar refractivity (Wildman–Crippen MR) is 87.1 cm³/mol. The molecule has 0 amide bonds. The minimum atomic E-state index is 0.305. The Morgan fingerprint density at radius 2 is 2.20 bits per heavy atom. The lowest BCUT2D eigenvalue weighted by molar-refractivity contribution is 0.0206. The SMILES string of the molecule is CCC1(CC)CNC(CC(C)C)CN1Cc1nccs1. The van der Waals surface area contributed by atoms with Gasteiger partial charge in [0.2, 0.25) is 0 Å². The molecule has 0 radical (unpaired) electrons. The number of rotatable bonds is 6. The summed E-state index contributed by atoms with van der Waals surface area (Å²) in [5.41, 5.74) is 0.305. The van der Waals surface area contributed by atoms with Crippen LogP contribution in [0.5, 0.6) is 0 Å². The molecule has 0 aliphatic carbocycles. The fourth-order valence-corrected chi connectivity index (χ4v) is 4.00. The summed E-state index contributed by atoms with van der Waals surface area (Å²) < 4.78 is 0. The van der Waals surface area contributed by atoms with Gasteiger partial charge in [-0.2, -0.15) is 0 Å². The summed E-state index contributed by atoms with van der Waals surface area (Å²) in [7, 11) is 0. The van der Waals surface area contributed by atoms with Gasteiger partial charge in [-0.1, -0.05) is 27.7 Å². The van der Waals surface area contributed by atoms with Crippen LogP contribution in [0.1, 0.15) is 52.0 Å². The molecule has 0 spiro atoms. The molecule has 114 valence electrons. The lowest BCUT2D eigenvalue weighted by atomic mass is 9.86. The normalized spacial score (nSPS) is 23.4. The van der Waals surface area contributed by atoms with Gasteiger partial charge in [0.1, 0.15) is 5.01 Å². The third kappa shape index (κ3) is 3.60. The van der Waals surface area contributed by atoms with Gasteiger partial charge in [0.25, 0.3) is 0 Å². The van der Waals surface area contributed by atoms with Crippen molar-refractivity contribution in [2.45, 2.75) is 65.1 Å². The van der Waals surface area contributed by atoms with Crippen molar-refractivity contribution in [2.75, 3.05) is 13.1 Å². The van der Waals surface area contributed by atoms with Crippen molar-refractivity contribution >= 4 is 11.3 Å². The zero-order chi connectivity index (χ0) is 14.6. The van der Waals surface area contributed by atoms with Crippen LogP contribution in [-0.4, -0.2) is 34.6 Å². The summed E-state index contributed by atoms with van der Waals surface area (Å²) in [5.74, 6) is 0.755. The van der Waals surface area contributed by atoms with Gasteiger partial charge in [-0.3, -0.25) is 4.90 Å². The Kier molecular flexibility index (Phi) is 5.58. The summed E-state index contributed by atoms with van der Waals surface area (Å²) in [5, 5.41) is 7.13. The van der Waals surface area contributed by atoms with Crippen molar-refractivity contribution in [3.8, 4) is 0 Å². The van der Waals surface area contributed by atoms with Crippen molar-refractivity contribution in [2.24, 2.45) is 5.92 Å². The van der Waals surface area contributed by atoms with E-state index in [1.54, 1.807) is 11.3 Å². The molecular weight excluding hydrogens is 266 g/mol. The topological polar surface area (TPSA) is 28.2 Å². The molecule has 20 heavy (non-hydrogen) atoms. The van der Waals surface area contributed by atoms with Crippen LogP contribution in [0.4, 0.5) is 0 Å². The van der Waals surface area contributed by atoms with Gasteiger partial charge < -0.3 is 5.32 Å². The maximum atomic E-state index is 4.49.